The van der Waals surface area contributed by atoms with E-state index in [4.69, 9.17) is 4.74 Å². The van der Waals surface area contributed by atoms with Crippen molar-refractivity contribution in [3.8, 4) is 17.0 Å². The molecule has 2 aliphatic rings. The Labute approximate surface area is 192 Å². The number of rotatable bonds is 4. The van der Waals surface area contributed by atoms with Crippen LogP contribution in [0, 0.1) is 11.6 Å². The molecule has 6 nitrogen and oxygen atoms in total. The van der Waals surface area contributed by atoms with E-state index >= 15 is 0 Å². The van der Waals surface area contributed by atoms with Crippen LogP contribution in [-0.4, -0.2) is 35.2 Å². The molecular formula is C25H27F2N5O. The Kier molecular flexibility index (Phi) is 5.62. The molecule has 0 spiro atoms. The number of aromatic nitrogens is 2. The molecule has 5 rings (SSSR count). The average Bonchev–Trinajstić information content (AvgIpc) is 2.79. The zero-order valence-corrected chi connectivity index (χ0v) is 19.0. The molecule has 33 heavy (non-hydrogen) atoms. The largest absolute Gasteiger partial charge is 0.486 e. The van der Waals surface area contributed by atoms with Gasteiger partial charge in [0.1, 0.15) is 12.3 Å². The number of ether oxygens (including phenoxy) is 1. The van der Waals surface area contributed by atoms with Crippen molar-refractivity contribution in [1.82, 2.24) is 15.3 Å². The molecule has 0 saturated carbocycles. The lowest BCUT2D eigenvalue weighted by atomic mass is 10.0. The summed E-state index contributed by atoms with van der Waals surface area (Å²) in [5, 5.41) is 6.52. The van der Waals surface area contributed by atoms with Crippen LogP contribution in [0.3, 0.4) is 0 Å². The second-order valence-electron chi connectivity index (χ2n) is 8.89. The van der Waals surface area contributed by atoms with Crippen LogP contribution in [0.5, 0.6) is 5.75 Å². The van der Waals surface area contributed by atoms with Crippen LogP contribution in [0.1, 0.15) is 31.9 Å². The molecule has 2 N–H and O–H groups in total. The number of benzene rings is 2. The van der Waals surface area contributed by atoms with Crippen LogP contribution in [0.4, 0.5) is 26.1 Å². The van der Waals surface area contributed by atoms with Crippen LogP contribution >= 0.6 is 0 Å². The van der Waals surface area contributed by atoms with E-state index < -0.39 is 11.6 Å². The van der Waals surface area contributed by atoms with Gasteiger partial charge in [0.2, 0.25) is 5.95 Å². The van der Waals surface area contributed by atoms with Gasteiger partial charge in [-0.2, -0.15) is 0 Å². The maximum Gasteiger partial charge on any atom is 0.227 e. The Balaban J connectivity index is 1.50. The second kappa shape index (κ2) is 8.59. The van der Waals surface area contributed by atoms with Crippen molar-refractivity contribution in [2.45, 2.75) is 45.8 Å². The maximum absolute atomic E-state index is 15.0. The number of nitrogens with zero attached hydrogens (tertiary/aromatic N) is 3. The van der Waals surface area contributed by atoms with E-state index in [1.807, 2.05) is 26.8 Å². The quantitative estimate of drug-likeness (QED) is 0.594. The molecule has 3 aromatic rings. The van der Waals surface area contributed by atoms with Crippen molar-refractivity contribution in [2.75, 3.05) is 23.4 Å². The Hall–Kier alpha value is -3.26. The zero-order valence-electron chi connectivity index (χ0n) is 19.0. The van der Waals surface area contributed by atoms with Crippen molar-refractivity contribution in [3.05, 3.63) is 59.3 Å². The number of anilines is 3. The summed E-state index contributed by atoms with van der Waals surface area (Å²) < 4.78 is 35.4. The molecule has 3 heterocycles. The molecular weight excluding hydrogens is 424 g/mol. The van der Waals surface area contributed by atoms with Crippen molar-refractivity contribution in [3.63, 3.8) is 0 Å². The van der Waals surface area contributed by atoms with Gasteiger partial charge in [0.15, 0.2) is 17.4 Å². The highest BCUT2D eigenvalue weighted by molar-refractivity contribution is 5.73. The molecule has 0 amide bonds. The summed E-state index contributed by atoms with van der Waals surface area (Å²) >= 11 is 0. The molecule has 0 bridgehead atoms. The predicted octanol–water partition coefficient (Wildman–Crippen LogP) is 4.81. The topological polar surface area (TPSA) is 62.3 Å². The van der Waals surface area contributed by atoms with Crippen LogP contribution < -0.4 is 20.3 Å². The molecule has 0 saturated heterocycles. The van der Waals surface area contributed by atoms with E-state index in [0.29, 0.717) is 17.9 Å². The van der Waals surface area contributed by atoms with E-state index in [9.17, 15) is 8.78 Å². The van der Waals surface area contributed by atoms with Gasteiger partial charge in [-0.15, -0.1) is 0 Å². The fourth-order valence-corrected chi connectivity index (χ4v) is 4.67. The summed E-state index contributed by atoms with van der Waals surface area (Å²) in [6, 6.07) is 9.30. The van der Waals surface area contributed by atoms with Crippen LogP contribution in [-0.2, 0) is 13.0 Å². The molecule has 2 aliphatic heterocycles. The minimum absolute atomic E-state index is 0.0401. The second-order valence-corrected chi connectivity index (χ2v) is 8.89. The van der Waals surface area contributed by atoms with E-state index in [1.54, 1.807) is 6.07 Å². The van der Waals surface area contributed by atoms with E-state index in [1.165, 1.54) is 17.2 Å². The molecule has 0 radical (unpaired) electrons. The number of halogens is 2. The smallest absolute Gasteiger partial charge is 0.227 e. The molecule has 1 unspecified atom stereocenters. The van der Waals surface area contributed by atoms with Crippen molar-refractivity contribution < 1.29 is 13.5 Å². The zero-order chi connectivity index (χ0) is 23.1. The molecule has 0 fully saturated rings. The highest BCUT2D eigenvalue weighted by Crippen LogP contribution is 2.41. The third-order valence-corrected chi connectivity index (χ3v) is 6.17. The number of fused-ring (bicyclic) bond motifs is 2. The SMILES string of the molecule is CC(C)N1c2cc(-c3nc(Nc4ccc5c(c4)CCNC5)ncc3F)cc(F)c2OCC1C. The average molecular weight is 452 g/mol. The van der Waals surface area contributed by atoms with Gasteiger partial charge in [-0.25, -0.2) is 18.7 Å². The summed E-state index contributed by atoms with van der Waals surface area (Å²) in [6.07, 6.45) is 2.06. The standard InChI is InChI=1S/C25H27F2N5O/c1-14(2)32-15(3)13-33-24-20(26)9-18(10-22(24)32)23-21(27)12-29-25(31-23)30-19-5-4-17-11-28-7-6-16(17)8-19/h4-5,8-10,12,14-15,28H,6-7,11,13H2,1-3H3,(H,29,30,31). The highest BCUT2D eigenvalue weighted by atomic mass is 19.1. The monoisotopic (exact) mass is 451 g/mol. The Morgan fingerprint density at radius 2 is 2.00 bits per heavy atom. The molecule has 172 valence electrons. The van der Waals surface area contributed by atoms with Gasteiger partial charge >= 0.3 is 0 Å². The lowest BCUT2D eigenvalue weighted by Gasteiger charge is -2.40. The van der Waals surface area contributed by atoms with Gasteiger partial charge in [-0.1, -0.05) is 6.07 Å². The summed E-state index contributed by atoms with van der Waals surface area (Å²) in [4.78, 5) is 10.6. The lowest BCUT2D eigenvalue weighted by molar-refractivity contribution is 0.252. The molecule has 1 atom stereocenters. The maximum atomic E-state index is 15.0. The van der Waals surface area contributed by atoms with Crippen molar-refractivity contribution in [2.24, 2.45) is 0 Å². The van der Waals surface area contributed by atoms with E-state index in [0.717, 1.165) is 31.4 Å². The summed E-state index contributed by atoms with van der Waals surface area (Å²) in [5.74, 6) is -0.696. The Bertz CT molecular complexity index is 1200. The van der Waals surface area contributed by atoms with Crippen LogP contribution in [0.2, 0.25) is 0 Å². The van der Waals surface area contributed by atoms with Crippen molar-refractivity contribution >= 4 is 17.3 Å². The van der Waals surface area contributed by atoms with Gasteiger partial charge in [-0.05, 0) is 69.1 Å². The normalized spacial score (nSPS) is 17.4. The van der Waals surface area contributed by atoms with Gasteiger partial charge in [0, 0.05) is 23.8 Å². The number of hydrogen-bond acceptors (Lipinski definition) is 6. The first-order valence-corrected chi connectivity index (χ1v) is 11.3. The predicted molar refractivity (Wildman–Crippen MR) is 125 cm³/mol. The van der Waals surface area contributed by atoms with Gasteiger partial charge in [0.05, 0.1) is 17.9 Å². The highest BCUT2D eigenvalue weighted by Gasteiger charge is 2.30. The number of nitrogens with one attached hydrogen (secondary N) is 2. The number of hydrogen-bond donors (Lipinski definition) is 2. The molecule has 2 aromatic carbocycles. The minimum atomic E-state index is -0.614. The first-order chi connectivity index (χ1) is 15.9. The first-order valence-electron chi connectivity index (χ1n) is 11.3. The minimum Gasteiger partial charge on any atom is -0.486 e. The Morgan fingerprint density at radius 1 is 1.15 bits per heavy atom. The third kappa shape index (κ3) is 4.11. The van der Waals surface area contributed by atoms with Crippen molar-refractivity contribution in [1.29, 1.82) is 0 Å². The van der Waals surface area contributed by atoms with E-state index in [-0.39, 0.29) is 29.5 Å². The van der Waals surface area contributed by atoms with Gasteiger partial charge in [0.25, 0.3) is 0 Å². The van der Waals surface area contributed by atoms with E-state index in [2.05, 4.69) is 37.6 Å². The molecule has 8 heteroatoms. The third-order valence-electron chi connectivity index (χ3n) is 6.17. The van der Waals surface area contributed by atoms with Gasteiger partial charge < -0.3 is 20.3 Å². The molecule has 0 aliphatic carbocycles. The first kappa shape index (κ1) is 21.6. The fourth-order valence-electron chi connectivity index (χ4n) is 4.67. The summed E-state index contributed by atoms with van der Waals surface area (Å²) in [7, 11) is 0. The van der Waals surface area contributed by atoms with Gasteiger partial charge in [-0.3, -0.25) is 0 Å². The fraction of sp³-hybridized carbons (Fsp3) is 0.360. The lowest BCUT2D eigenvalue weighted by Crippen LogP contribution is -2.45. The molecule has 1 aromatic heterocycles. The van der Waals surface area contributed by atoms with Crippen LogP contribution in [0.25, 0.3) is 11.3 Å². The Morgan fingerprint density at radius 3 is 2.82 bits per heavy atom. The van der Waals surface area contributed by atoms with Crippen LogP contribution in [0.15, 0.2) is 36.5 Å². The summed E-state index contributed by atoms with van der Waals surface area (Å²) in [5.41, 5.74) is 4.35. The summed E-state index contributed by atoms with van der Waals surface area (Å²) in [6.45, 7) is 8.29.